The molecule has 0 amide bonds. The van der Waals surface area contributed by atoms with Gasteiger partial charge in [-0.25, -0.2) is 0 Å². The van der Waals surface area contributed by atoms with Crippen molar-refractivity contribution in [1.82, 2.24) is 0 Å². The summed E-state index contributed by atoms with van der Waals surface area (Å²) in [5, 5.41) is 0. The topological polar surface area (TPSA) is 0 Å². The predicted octanol–water partition coefficient (Wildman–Crippen LogP) is 4.02. The zero-order valence-corrected chi connectivity index (χ0v) is 8.65. The van der Waals surface area contributed by atoms with E-state index in [9.17, 15) is 0 Å². The van der Waals surface area contributed by atoms with Crippen LogP contribution in [0, 0.1) is 11.8 Å². The molecular formula is C11H22. The van der Waals surface area contributed by atoms with Gasteiger partial charge in [-0.3, -0.25) is 0 Å². The highest BCUT2D eigenvalue weighted by molar-refractivity contribution is 4.96. The second-order valence-corrected chi connectivity index (χ2v) is 3.97. The average molecular weight is 154 g/mol. The fourth-order valence-corrected chi connectivity index (χ4v) is 1.44. The minimum atomic E-state index is 0.759. The molecule has 0 aromatic heterocycles. The van der Waals surface area contributed by atoms with Crippen LogP contribution in [0.1, 0.15) is 47.5 Å². The van der Waals surface area contributed by atoms with Crippen molar-refractivity contribution in [3.63, 3.8) is 0 Å². The Labute approximate surface area is 71.7 Å². The highest BCUT2D eigenvalue weighted by Gasteiger charge is 2.03. The van der Waals surface area contributed by atoms with Gasteiger partial charge in [0, 0.05) is 0 Å². The van der Waals surface area contributed by atoms with Gasteiger partial charge in [0.1, 0.15) is 0 Å². The molecule has 0 heterocycles. The monoisotopic (exact) mass is 154 g/mol. The molecule has 0 nitrogen and oxygen atoms in total. The summed E-state index contributed by atoms with van der Waals surface area (Å²) in [6.45, 7) is 11.2. The first kappa shape index (κ1) is 10.7. The van der Waals surface area contributed by atoms with E-state index >= 15 is 0 Å². The molecule has 0 aromatic rings. The largest absolute Gasteiger partial charge is 0.0830 e. The van der Waals surface area contributed by atoms with E-state index in [0.29, 0.717) is 0 Å². The second-order valence-electron chi connectivity index (χ2n) is 3.97. The molecule has 0 saturated heterocycles. The van der Waals surface area contributed by atoms with Crippen molar-refractivity contribution in [2.45, 2.75) is 47.5 Å². The molecule has 2 unspecified atom stereocenters. The fraction of sp³-hybridized carbons (Fsp3) is 0.818. The summed E-state index contributed by atoms with van der Waals surface area (Å²) in [7, 11) is 0. The van der Waals surface area contributed by atoms with Crippen molar-refractivity contribution in [3.8, 4) is 0 Å². The zero-order valence-electron chi connectivity index (χ0n) is 8.65. The molecule has 11 heavy (non-hydrogen) atoms. The van der Waals surface area contributed by atoms with Crippen LogP contribution >= 0.6 is 0 Å². The summed E-state index contributed by atoms with van der Waals surface area (Å²) in [6, 6.07) is 0. The molecule has 0 radical (unpaired) electrons. The summed E-state index contributed by atoms with van der Waals surface area (Å²) >= 11 is 0. The molecule has 2 atom stereocenters. The Kier molecular flexibility index (Phi) is 5.27. The van der Waals surface area contributed by atoms with Crippen LogP contribution in [0.4, 0.5) is 0 Å². The molecule has 0 rings (SSSR count). The maximum atomic E-state index is 2.37. The first-order valence-corrected chi connectivity index (χ1v) is 4.71. The van der Waals surface area contributed by atoms with Crippen LogP contribution in [-0.4, -0.2) is 0 Å². The van der Waals surface area contributed by atoms with Crippen molar-refractivity contribution in [2.24, 2.45) is 11.8 Å². The van der Waals surface area contributed by atoms with Crippen molar-refractivity contribution >= 4 is 0 Å². The minimum Gasteiger partial charge on any atom is -0.0830 e. The van der Waals surface area contributed by atoms with Crippen LogP contribution in [0.25, 0.3) is 0 Å². The second kappa shape index (κ2) is 5.40. The van der Waals surface area contributed by atoms with Crippen molar-refractivity contribution in [2.75, 3.05) is 0 Å². The Morgan fingerprint density at radius 3 is 2.18 bits per heavy atom. The Morgan fingerprint density at radius 1 is 1.27 bits per heavy atom. The number of allylic oxidation sites excluding steroid dienone is 2. The van der Waals surface area contributed by atoms with E-state index in [-0.39, 0.29) is 0 Å². The molecule has 0 N–H and O–H groups in total. The molecular weight excluding hydrogens is 132 g/mol. The van der Waals surface area contributed by atoms with Gasteiger partial charge in [-0.15, -0.1) is 0 Å². The van der Waals surface area contributed by atoms with Crippen LogP contribution in [0.3, 0.4) is 0 Å². The lowest BCUT2D eigenvalue weighted by molar-refractivity contribution is 0.454. The maximum Gasteiger partial charge on any atom is -0.0257 e. The molecule has 66 valence electrons. The van der Waals surface area contributed by atoms with E-state index in [1.165, 1.54) is 18.4 Å². The van der Waals surface area contributed by atoms with Gasteiger partial charge in [-0.1, -0.05) is 38.8 Å². The van der Waals surface area contributed by atoms with Gasteiger partial charge in [0.25, 0.3) is 0 Å². The Balaban J connectivity index is 3.69. The molecule has 0 aliphatic carbocycles. The lowest BCUT2D eigenvalue weighted by atomic mass is 9.94. The van der Waals surface area contributed by atoms with E-state index in [0.717, 1.165) is 11.8 Å². The fourth-order valence-electron chi connectivity index (χ4n) is 1.44. The van der Waals surface area contributed by atoms with E-state index in [1.54, 1.807) is 0 Å². The zero-order chi connectivity index (χ0) is 8.85. The van der Waals surface area contributed by atoms with E-state index in [2.05, 4.69) is 40.7 Å². The van der Waals surface area contributed by atoms with Gasteiger partial charge in [0.2, 0.25) is 0 Å². The van der Waals surface area contributed by atoms with Crippen LogP contribution < -0.4 is 0 Å². The van der Waals surface area contributed by atoms with Crippen molar-refractivity contribution in [1.29, 1.82) is 0 Å². The van der Waals surface area contributed by atoms with Crippen molar-refractivity contribution < 1.29 is 0 Å². The molecule has 0 aliphatic rings. The van der Waals surface area contributed by atoms with Gasteiger partial charge in [-0.2, -0.15) is 0 Å². The molecule has 0 saturated carbocycles. The average Bonchev–Trinajstić information content (AvgIpc) is 1.85. The Bertz CT molecular complexity index is 118. The molecule has 0 aromatic carbocycles. The van der Waals surface area contributed by atoms with E-state index in [1.807, 2.05) is 0 Å². The molecule has 0 aliphatic heterocycles. The predicted molar refractivity (Wildman–Crippen MR) is 52.7 cm³/mol. The molecule has 0 heteroatoms. The smallest absolute Gasteiger partial charge is 0.0257 e. The standard InChI is InChI=1S/C11H22/c1-6-10(4)8-11(5)7-9(2)3/h7,10-11H,6,8H2,1-5H3. The summed E-state index contributed by atoms with van der Waals surface area (Å²) in [5.41, 5.74) is 1.45. The van der Waals surface area contributed by atoms with Crippen molar-refractivity contribution in [3.05, 3.63) is 11.6 Å². The van der Waals surface area contributed by atoms with Crippen LogP contribution in [0.5, 0.6) is 0 Å². The minimum absolute atomic E-state index is 0.759. The third-order valence-electron chi connectivity index (χ3n) is 2.09. The van der Waals surface area contributed by atoms with Crippen LogP contribution in [-0.2, 0) is 0 Å². The van der Waals surface area contributed by atoms with Gasteiger partial charge >= 0.3 is 0 Å². The number of hydrogen-bond acceptors (Lipinski definition) is 0. The van der Waals surface area contributed by atoms with E-state index in [4.69, 9.17) is 0 Å². The Morgan fingerprint density at radius 2 is 1.82 bits per heavy atom. The lowest BCUT2D eigenvalue weighted by Crippen LogP contribution is -1.99. The SMILES string of the molecule is CCC(C)CC(C)C=C(C)C. The van der Waals surface area contributed by atoms with E-state index < -0.39 is 0 Å². The summed E-state index contributed by atoms with van der Waals surface area (Å²) in [4.78, 5) is 0. The summed E-state index contributed by atoms with van der Waals surface area (Å²) < 4.78 is 0. The van der Waals surface area contributed by atoms with Gasteiger partial charge in [0.05, 0.1) is 0 Å². The van der Waals surface area contributed by atoms with Gasteiger partial charge in [0.15, 0.2) is 0 Å². The highest BCUT2D eigenvalue weighted by Crippen LogP contribution is 2.16. The molecule has 0 spiro atoms. The first-order valence-electron chi connectivity index (χ1n) is 4.71. The number of hydrogen-bond donors (Lipinski definition) is 0. The Hall–Kier alpha value is -0.260. The quantitative estimate of drug-likeness (QED) is 0.536. The number of rotatable bonds is 4. The van der Waals surface area contributed by atoms with Gasteiger partial charge < -0.3 is 0 Å². The third-order valence-corrected chi connectivity index (χ3v) is 2.09. The highest BCUT2D eigenvalue weighted by atomic mass is 14.1. The third kappa shape index (κ3) is 6.15. The lowest BCUT2D eigenvalue weighted by Gasteiger charge is -2.12. The van der Waals surface area contributed by atoms with Gasteiger partial charge in [-0.05, 0) is 32.1 Å². The first-order chi connectivity index (χ1) is 5.06. The molecule has 0 fully saturated rings. The normalized spacial score (nSPS) is 15.7. The molecule has 0 bridgehead atoms. The van der Waals surface area contributed by atoms with Crippen LogP contribution in [0.2, 0.25) is 0 Å². The maximum absolute atomic E-state index is 2.37. The van der Waals surface area contributed by atoms with Crippen LogP contribution in [0.15, 0.2) is 11.6 Å². The summed E-state index contributed by atoms with van der Waals surface area (Å²) in [5.74, 6) is 1.63. The summed E-state index contributed by atoms with van der Waals surface area (Å²) in [6.07, 6.45) is 5.01.